The molecule has 2 heterocycles. The summed E-state index contributed by atoms with van der Waals surface area (Å²) in [5.74, 6) is -0.369. The van der Waals surface area contributed by atoms with Crippen molar-refractivity contribution >= 4 is 49.5 Å². The summed E-state index contributed by atoms with van der Waals surface area (Å²) in [5.41, 5.74) is 7.23. The normalized spacial score (nSPS) is 11.0. The molecule has 0 aliphatic rings. The van der Waals surface area contributed by atoms with Crippen molar-refractivity contribution in [2.45, 2.75) is 6.42 Å². The summed E-state index contributed by atoms with van der Waals surface area (Å²) in [6, 6.07) is 9.06. The fraction of sp³-hybridized carbons (Fsp3) is 0.133. The van der Waals surface area contributed by atoms with E-state index < -0.39 is 0 Å². The number of nitrogen functional groups attached to an aromatic ring is 1. The number of fused-ring (bicyclic) bond motifs is 1. The van der Waals surface area contributed by atoms with Gasteiger partial charge in [0.05, 0.1) is 15.0 Å². The molecule has 0 saturated carbocycles. The van der Waals surface area contributed by atoms with Crippen molar-refractivity contribution in [3.8, 4) is 0 Å². The molecular formula is C15H13BrFN3S. The Bertz CT molecular complexity index is 788. The van der Waals surface area contributed by atoms with E-state index in [4.69, 9.17) is 5.73 Å². The van der Waals surface area contributed by atoms with Crippen molar-refractivity contribution in [2.24, 2.45) is 0 Å². The molecule has 3 nitrogen and oxygen atoms in total. The third kappa shape index (κ3) is 3.01. The van der Waals surface area contributed by atoms with E-state index in [1.165, 1.54) is 10.9 Å². The zero-order valence-electron chi connectivity index (χ0n) is 11.1. The van der Waals surface area contributed by atoms with Gasteiger partial charge in [0.15, 0.2) is 5.82 Å². The molecule has 3 rings (SSSR count). The van der Waals surface area contributed by atoms with Gasteiger partial charge in [0.2, 0.25) is 0 Å². The lowest BCUT2D eigenvalue weighted by atomic mass is 10.1. The van der Waals surface area contributed by atoms with Gasteiger partial charge in [-0.2, -0.15) is 0 Å². The maximum Gasteiger partial charge on any atom is 0.150 e. The van der Waals surface area contributed by atoms with Crippen LogP contribution in [0.5, 0.6) is 0 Å². The Labute approximate surface area is 134 Å². The highest BCUT2D eigenvalue weighted by Gasteiger charge is 2.11. The zero-order valence-corrected chi connectivity index (χ0v) is 13.5. The number of benzene rings is 1. The number of hydrogen-bond donors (Lipinski definition) is 2. The molecule has 0 radical (unpaired) electrons. The van der Waals surface area contributed by atoms with Crippen LogP contribution in [0, 0.1) is 5.82 Å². The largest absolute Gasteiger partial charge is 0.398 e. The highest BCUT2D eigenvalue weighted by Crippen LogP contribution is 2.29. The lowest BCUT2D eigenvalue weighted by molar-refractivity contribution is 0.632. The van der Waals surface area contributed by atoms with Gasteiger partial charge in [0, 0.05) is 28.7 Å². The van der Waals surface area contributed by atoms with Crippen LogP contribution in [0.25, 0.3) is 10.9 Å². The molecule has 0 aliphatic carbocycles. The lowest BCUT2D eigenvalue weighted by Gasteiger charge is -2.11. The van der Waals surface area contributed by atoms with Gasteiger partial charge in [0.25, 0.3) is 0 Å². The number of pyridine rings is 1. The van der Waals surface area contributed by atoms with Crippen LogP contribution in [-0.4, -0.2) is 11.5 Å². The number of thiophene rings is 1. The molecule has 3 N–H and O–H groups in total. The van der Waals surface area contributed by atoms with E-state index in [0.717, 1.165) is 15.6 Å². The molecule has 21 heavy (non-hydrogen) atoms. The van der Waals surface area contributed by atoms with Gasteiger partial charge in [0.1, 0.15) is 0 Å². The first-order valence-electron chi connectivity index (χ1n) is 6.46. The Morgan fingerprint density at radius 2 is 2.19 bits per heavy atom. The van der Waals surface area contributed by atoms with Gasteiger partial charge >= 0.3 is 0 Å². The van der Waals surface area contributed by atoms with Crippen LogP contribution in [-0.2, 0) is 6.42 Å². The van der Waals surface area contributed by atoms with Crippen LogP contribution in [0.2, 0.25) is 0 Å². The van der Waals surface area contributed by atoms with E-state index in [1.807, 2.05) is 12.1 Å². The molecule has 0 amide bonds. The Balaban J connectivity index is 1.83. The maximum absolute atomic E-state index is 14.1. The quantitative estimate of drug-likeness (QED) is 0.672. The van der Waals surface area contributed by atoms with Crippen molar-refractivity contribution in [3.05, 3.63) is 51.0 Å². The van der Waals surface area contributed by atoms with Gasteiger partial charge in [-0.05, 0) is 52.7 Å². The monoisotopic (exact) mass is 365 g/mol. The fourth-order valence-corrected chi connectivity index (χ4v) is 3.68. The Morgan fingerprint density at radius 3 is 2.95 bits per heavy atom. The number of aromatic nitrogens is 1. The summed E-state index contributed by atoms with van der Waals surface area (Å²) in [7, 11) is 0. The molecule has 0 fully saturated rings. The maximum atomic E-state index is 14.1. The second-order valence-corrected chi connectivity index (χ2v) is 7.15. The molecule has 6 heteroatoms. The molecular weight excluding hydrogens is 353 g/mol. The van der Waals surface area contributed by atoms with Crippen LogP contribution in [0.15, 0.2) is 40.3 Å². The van der Waals surface area contributed by atoms with E-state index in [2.05, 4.69) is 32.3 Å². The molecule has 0 bridgehead atoms. The molecule has 0 saturated heterocycles. The smallest absolute Gasteiger partial charge is 0.150 e. The van der Waals surface area contributed by atoms with Crippen LogP contribution in [0.1, 0.15) is 4.88 Å². The summed E-state index contributed by atoms with van der Waals surface area (Å²) in [4.78, 5) is 5.48. The predicted octanol–water partition coefficient (Wildman–Crippen LogP) is 4.43. The SMILES string of the molecule is Nc1cc(F)c(NCCc2ccc(Br)s2)c2ncccc12. The lowest BCUT2D eigenvalue weighted by Crippen LogP contribution is -2.07. The summed E-state index contributed by atoms with van der Waals surface area (Å²) in [6.45, 7) is 0.638. The first-order chi connectivity index (χ1) is 10.1. The minimum Gasteiger partial charge on any atom is -0.398 e. The summed E-state index contributed by atoms with van der Waals surface area (Å²) in [6.07, 6.45) is 2.47. The van der Waals surface area contributed by atoms with E-state index >= 15 is 0 Å². The van der Waals surface area contributed by atoms with Gasteiger partial charge in [-0.15, -0.1) is 11.3 Å². The van der Waals surface area contributed by atoms with E-state index in [0.29, 0.717) is 23.4 Å². The van der Waals surface area contributed by atoms with Crippen LogP contribution in [0.4, 0.5) is 15.8 Å². The van der Waals surface area contributed by atoms with Gasteiger partial charge in [-0.25, -0.2) is 4.39 Å². The average molecular weight is 366 g/mol. The average Bonchev–Trinajstić information content (AvgIpc) is 2.88. The number of nitrogens with two attached hydrogens (primary N) is 1. The third-order valence-electron chi connectivity index (χ3n) is 3.18. The van der Waals surface area contributed by atoms with Crippen molar-refractivity contribution in [2.75, 3.05) is 17.6 Å². The number of halogens is 2. The Hall–Kier alpha value is -1.66. The van der Waals surface area contributed by atoms with E-state index in [1.54, 1.807) is 23.6 Å². The first kappa shape index (κ1) is 14.3. The third-order valence-corrected chi connectivity index (χ3v) is 4.86. The summed E-state index contributed by atoms with van der Waals surface area (Å²) < 4.78 is 15.2. The number of nitrogens with one attached hydrogen (secondary N) is 1. The van der Waals surface area contributed by atoms with E-state index in [9.17, 15) is 4.39 Å². The summed E-state index contributed by atoms with van der Waals surface area (Å²) in [5, 5.41) is 3.90. The molecule has 0 spiro atoms. The second-order valence-electron chi connectivity index (χ2n) is 4.60. The first-order valence-corrected chi connectivity index (χ1v) is 8.07. The van der Waals surface area contributed by atoms with Crippen LogP contribution >= 0.6 is 27.3 Å². The topological polar surface area (TPSA) is 50.9 Å². The molecule has 0 aliphatic heterocycles. The predicted molar refractivity (Wildman–Crippen MR) is 90.3 cm³/mol. The standard InChI is InChI=1S/C15H13BrFN3S/c16-13-4-3-9(21-13)5-7-20-15-11(17)8-12(18)10-2-1-6-19-14(10)15/h1-4,6,8,20H,5,7,18H2. The van der Waals surface area contributed by atoms with Crippen molar-refractivity contribution in [3.63, 3.8) is 0 Å². The van der Waals surface area contributed by atoms with Crippen molar-refractivity contribution < 1.29 is 4.39 Å². The zero-order chi connectivity index (χ0) is 14.8. The second kappa shape index (κ2) is 5.99. The van der Waals surface area contributed by atoms with Gasteiger partial charge < -0.3 is 11.1 Å². The molecule has 1 aromatic carbocycles. The van der Waals surface area contributed by atoms with Crippen LogP contribution < -0.4 is 11.1 Å². The van der Waals surface area contributed by atoms with Crippen LogP contribution in [0.3, 0.4) is 0 Å². The molecule has 108 valence electrons. The van der Waals surface area contributed by atoms with Gasteiger partial charge in [-0.1, -0.05) is 0 Å². The summed E-state index contributed by atoms with van der Waals surface area (Å²) >= 11 is 5.12. The van der Waals surface area contributed by atoms with Gasteiger partial charge in [-0.3, -0.25) is 4.98 Å². The minimum absolute atomic E-state index is 0.369. The Morgan fingerprint density at radius 1 is 1.33 bits per heavy atom. The number of hydrogen-bond acceptors (Lipinski definition) is 4. The fourth-order valence-electron chi connectivity index (χ4n) is 2.20. The highest BCUT2D eigenvalue weighted by atomic mass is 79.9. The molecule has 2 aromatic heterocycles. The molecule has 0 unspecified atom stereocenters. The van der Waals surface area contributed by atoms with Crippen molar-refractivity contribution in [1.82, 2.24) is 4.98 Å². The molecule has 3 aromatic rings. The molecule has 0 atom stereocenters. The minimum atomic E-state index is -0.369. The number of rotatable bonds is 4. The number of anilines is 2. The van der Waals surface area contributed by atoms with Crippen molar-refractivity contribution in [1.29, 1.82) is 0 Å². The number of nitrogens with zero attached hydrogens (tertiary/aromatic N) is 1. The van der Waals surface area contributed by atoms with E-state index in [-0.39, 0.29) is 5.82 Å². The Kier molecular flexibility index (Phi) is 4.07. The highest BCUT2D eigenvalue weighted by molar-refractivity contribution is 9.11.